The molecular weight excluding hydrogens is 406 g/mol. The van der Waals surface area contributed by atoms with Gasteiger partial charge in [-0.2, -0.15) is 0 Å². The minimum Gasteiger partial charge on any atom is -0.368 e. The molecule has 1 amide bonds. The first kappa shape index (κ1) is 22.2. The van der Waals surface area contributed by atoms with Crippen LogP contribution in [0.1, 0.15) is 75.3 Å². The van der Waals surface area contributed by atoms with Crippen molar-refractivity contribution in [1.29, 1.82) is 0 Å². The molecule has 2 aliphatic carbocycles. The molecule has 1 heterocycles. The average Bonchev–Trinajstić information content (AvgIpc) is 3.22. The normalized spacial score (nSPS) is 18.6. The second-order valence-electron chi connectivity index (χ2n) is 10.4. The van der Waals surface area contributed by atoms with E-state index < -0.39 is 5.54 Å². The van der Waals surface area contributed by atoms with Crippen LogP contribution in [0.5, 0.6) is 0 Å². The van der Waals surface area contributed by atoms with Crippen molar-refractivity contribution in [2.75, 3.05) is 0 Å². The molecule has 0 spiro atoms. The summed E-state index contributed by atoms with van der Waals surface area (Å²) in [5.74, 6) is 1.27. The maximum Gasteiger partial charge on any atom is 0.244 e. The Morgan fingerprint density at radius 1 is 0.879 bits per heavy atom. The molecule has 0 saturated heterocycles. The Morgan fingerprint density at radius 3 is 2.09 bits per heavy atom. The highest BCUT2D eigenvalue weighted by Gasteiger charge is 2.53. The van der Waals surface area contributed by atoms with E-state index in [1.807, 2.05) is 6.07 Å². The van der Waals surface area contributed by atoms with Crippen LogP contribution in [0.3, 0.4) is 0 Å². The fraction of sp³-hybridized carbons (Fsp3) is 0.517. The highest BCUT2D eigenvalue weighted by Crippen LogP contribution is 2.50. The molecule has 174 valence electrons. The summed E-state index contributed by atoms with van der Waals surface area (Å²) in [6, 6.07) is 14.7. The van der Waals surface area contributed by atoms with Gasteiger partial charge in [-0.1, -0.05) is 68.9 Å². The predicted molar refractivity (Wildman–Crippen MR) is 135 cm³/mol. The number of hydrogen-bond acceptors (Lipinski definition) is 2. The fourth-order valence-electron chi connectivity index (χ4n) is 6.87. The number of aryl methyl sites for hydroxylation is 1. The molecule has 2 fully saturated rings. The second kappa shape index (κ2) is 8.96. The number of primary amides is 1. The van der Waals surface area contributed by atoms with Crippen molar-refractivity contribution in [3.05, 3.63) is 53.6 Å². The molecule has 0 bridgehead atoms. The van der Waals surface area contributed by atoms with E-state index in [9.17, 15) is 4.79 Å². The Balaban J connectivity index is 1.86. The van der Waals surface area contributed by atoms with Gasteiger partial charge in [0, 0.05) is 5.56 Å². The van der Waals surface area contributed by atoms with Gasteiger partial charge in [0.25, 0.3) is 0 Å². The van der Waals surface area contributed by atoms with Crippen LogP contribution < -0.4 is 5.73 Å². The Hall–Kier alpha value is -2.62. The molecule has 0 radical (unpaired) electrons. The smallest absolute Gasteiger partial charge is 0.244 e. The Morgan fingerprint density at radius 2 is 1.48 bits per heavy atom. The number of hydrogen-bond donors (Lipinski definition) is 1. The van der Waals surface area contributed by atoms with Crippen molar-refractivity contribution < 1.29 is 4.79 Å². The van der Waals surface area contributed by atoms with Crippen LogP contribution in [0, 0.1) is 25.7 Å². The topological polar surface area (TPSA) is 60.9 Å². The number of aromatic nitrogens is 2. The number of rotatable bonds is 5. The lowest BCUT2D eigenvalue weighted by molar-refractivity contribution is -0.135. The monoisotopic (exact) mass is 443 g/mol. The van der Waals surface area contributed by atoms with Crippen molar-refractivity contribution >= 4 is 16.9 Å². The van der Waals surface area contributed by atoms with Gasteiger partial charge < -0.3 is 10.3 Å². The minimum atomic E-state index is -0.734. The fourth-order valence-corrected chi connectivity index (χ4v) is 6.87. The van der Waals surface area contributed by atoms with Crippen molar-refractivity contribution in [3.8, 4) is 11.4 Å². The van der Waals surface area contributed by atoms with Gasteiger partial charge in [-0.3, -0.25) is 4.79 Å². The SMILES string of the molecule is Cc1cccc(-c2nc3ccccc3n2C(C(N)=O)(C2CCCCC2)C2CCCCC2)c1C. The predicted octanol–water partition coefficient (Wildman–Crippen LogP) is 6.66. The van der Waals surface area contributed by atoms with Gasteiger partial charge in [0.15, 0.2) is 0 Å². The maximum absolute atomic E-state index is 13.9. The Labute approximate surface area is 197 Å². The number of nitrogens with two attached hydrogens (primary N) is 1. The zero-order valence-electron chi connectivity index (χ0n) is 20.1. The van der Waals surface area contributed by atoms with E-state index in [4.69, 9.17) is 10.7 Å². The number of fused-ring (bicyclic) bond motifs is 1. The largest absolute Gasteiger partial charge is 0.368 e. The van der Waals surface area contributed by atoms with E-state index in [0.29, 0.717) is 0 Å². The molecule has 5 rings (SSSR count). The molecule has 2 aliphatic rings. The maximum atomic E-state index is 13.9. The number of nitrogens with zero attached hydrogens (tertiary/aromatic N) is 2. The van der Waals surface area contributed by atoms with Crippen molar-refractivity contribution in [2.45, 2.75) is 83.6 Å². The van der Waals surface area contributed by atoms with Gasteiger partial charge in [0.05, 0.1) is 11.0 Å². The number of benzene rings is 2. The molecule has 3 aromatic rings. The molecule has 4 heteroatoms. The highest BCUT2D eigenvalue weighted by atomic mass is 16.1. The summed E-state index contributed by atoms with van der Waals surface area (Å²) in [7, 11) is 0. The summed E-state index contributed by atoms with van der Waals surface area (Å²) < 4.78 is 2.33. The molecule has 1 aromatic heterocycles. The molecule has 0 atom stereocenters. The Kier molecular flexibility index (Phi) is 6.03. The van der Waals surface area contributed by atoms with Gasteiger partial charge in [-0.05, 0) is 74.6 Å². The molecule has 2 N–H and O–H groups in total. The standard InChI is InChI=1S/C29H37N3O/c1-20-12-11-17-24(21(20)2)27-31-25-18-9-10-19-26(25)32(27)29(28(30)33,22-13-5-3-6-14-22)23-15-7-4-8-16-23/h9-12,17-19,22-23H,3-8,13-16H2,1-2H3,(H2,30,33). The van der Waals surface area contributed by atoms with Crippen LogP contribution in [0.25, 0.3) is 22.4 Å². The Bertz CT molecular complexity index is 1130. The van der Waals surface area contributed by atoms with Crippen LogP contribution in [-0.2, 0) is 10.3 Å². The molecule has 2 saturated carbocycles. The van der Waals surface area contributed by atoms with E-state index in [2.05, 4.69) is 54.8 Å². The lowest BCUT2D eigenvalue weighted by Crippen LogP contribution is -2.58. The molecular formula is C29H37N3O. The van der Waals surface area contributed by atoms with Gasteiger partial charge in [0.1, 0.15) is 11.4 Å². The summed E-state index contributed by atoms with van der Waals surface area (Å²) in [5.41, 5.74) is 11.4. The average molecular weight is 444 g/mol. The third kappa shape index (κ3) is 3.59. The summed E-state index contributed by atoms with van der Waals surface area (Å²) in [4.78, 5) is 19.0. The van der Waals surface area contributed by atoms with Crippen molar-refractivity contribution in [3.63, 3.8) is 0 Å². The van der Waals surface area contributed by atoms with E-state index in [1.165, 1.54) is 49.7 Å². The molecule has 0 aliphatic heterocycles. The number of imidazole rings is 1. The van der Waals surface area contributed by atoms with Gasteiger partial charge in [-0.15, -0.1) is 0 Å². The minimum absolute atomic E-state index is 0.156. The van der Waals surface area contributed by atoms with Gasteiger partial charge in [0.2, 0.25) is 5.91 Å². The highest BCUT2D eigenvalue weighted by molar-refractivity contribution is 5.90. The van der Waals surface area contributed by atoms with E-state index >= 15 is 0 Å². The third-order valence-electron chi connectivity index (χ3n) is 8.63. The first-order valence-electron chi connectivity index (χ1n) is 12.9. The zero-order chi connectivity index (χ0) is 23.0. The number of para-hydroxylation sites is 2. The number of amides is 1. The van der Waals surface area contributed by atoms with Crippen LogP contribution >= 0.6 is 0 Å². The zero-order valence-corrected chi connectivity index (χ0v) is 20.1. The summed E-state index contributed by atoms with van der Waals surface area (Å²) in [6.07, 6.45) is 11.5. The molecule has 33 heavy (non-hydrogen) atoms. The molecule has 0 unspecified atom stereocenters. The van der Waals surface area contributed by atoms with Crippen LogP contribution in [-0.4, -0.2) is 15.5 Å². The van der Waals surface area contributed by atoms with Crippen molar-refractivity contribution in [2.24, 2.45) is 17.6 Å². The van der Waals surface area contributed by atoms with Gasteiger partial charge in [-0.25, -0.2) is 4.98 Å². The third-order valence-corrected chi connectivity index (χ3v) is 8.63. The van der Waals surface area contributed by atoms with Crippen molar-refractivity contribution in [1.82, 2.24) is 9.55 Å². The quantitative estimate of drug-likeness (QED) is 0.479. The number of carbonyl (C=O) groups is 1. The lowest BCUT2D eigenvalue weighted by Gasteiger charge is -2.48. The van der Waals surface area contributed by atoms with Gasteiger partial charge >= 0.3 is 0 Å². The van der Waals surface area contributed by atoms with Crippen LogP contribution in [0.2, 0.25) is 0 Å². The van der Waals surface area contributed by atoms with E-state index in [1.54, 1.807) is 0 Å². The molecule has 2 aromatic carbocycles. The van der Waals surface area contributed by atoms with Crippen LogP contribution in [0.15, 0.2) is 42.5 Å². The first-order chi connectivity index (χ1) is 16.0. The first-order valence-corrected chi connectivity index (χ1v) is 12.9. The van der Waals surface area contributed by atoms with E-state index in [-0.39, 0.29) is 17.7 Å². The summed E-state index contributed by atoms with van der Waals surface area (Å²) in [5, 5.41) is 0. The molecule has 4 nitrogen and oxygen atoms in total. The summed E-state index contributed by atoms with van der Waals surface area (Å²) in [6.45, 7) is 4.32. The van der Waals surface area contributed by atoms with E-state index in [0.717, 1.165) is 48.1 Å². The second-order valence-corrected chi connectivity index (χ2v) is 10.4. The number of carbonyl (C=O) groups excluding carboxylic acids is 1. The summed E-state index contributed by atoms with van der Waals surface area (Å²) >= 11 is 0. The van der Waals surface area contributed by atoms with Crippen LogP contribution in [0.4, 0.5) is 0 Å². The lowest BCUT2D eigenvalue weighted by atomic mass is 9.63.